The van der Waals surface area contributed by atoms with E-state index >= 15 is 0 Å². The van der Waals surface area contributed by atoms with E-state index in [1.807, 2.05) is 165 Å². The molecule has 0 radical (unpaired) electrons. The van der Waals surface area contributed by atoms with Crippen LogP contribution in [-0.2, 0) is 38.7 Å². The summed E-state index contributed by atoms with van der Waals surface area (Å²) in [7, 11) is 1.86. The Bertz CT molecular complexity index is 3630. The molecule has 84 heavy (non-hydrogen) atoms. The number of β-amino-alcohol motifs (C(OH)–C–C–N with tert-alkyl or cyclic N) is 1. The number of thiazole rings is 1. The van der Waals surface area contributed by atoms with Crippen molar-refractivity contribution >= 4 is 69.7 Å². The molecule has 0 aliphatic carbocycles. The molecule has 17 nitrogen and oxygen atoms in total. The number of fused-ring (bicyclic) bond motifs is 2. The number of piperazine rings is 1. The Hall–Kier alpha value is -8.63. The number of aliphatic hydroxyl groups is 1. The van der Waals surface area contributed by atoms with E-state index in [0.717, 1.165) is 71.9 Å². The lowest BCUT2D eigenvalue weighted by Gasteiger charge is -2.35. The second-order valence-corrected chi connectivity index (χ2v) is 23.7. The lowest BCUT2D eigenvalue weighted by molar-refractivity contribution is -0.144. The molecule has 4 aromatic carbocycles. The molecule has 6 heterocycles. The van der Waals surface area contributed by atoms with E-state index in [-0.39, 0.29) is 56.0 Å². The van der Waals surface area contributed by atoms with Gasteiger partial charge >= 0.3 is 0 Å². The molecular formula is C66H71N11O6S. The predicted octanol–water partition coefficient (Wildman–Crippen LogP) is 8.01. The number of nitrogens with one attached hydrogen (secondary N) is 3. The number of hydrogen-bond acceptors (Lipinski definition) is 13. The average molecular weight is 1150 g/mol. The number of carbonyl (C=O) groups is 5. The van der Waals surface area contributed by atoms with Crippen LogP contribution in [0.15, 0.2) is 115 Å². The monoisotopic (exact) mass is 1150 g/mol. The van der Waals surface area contributed by atoms with Gasteiger partial charge in [-0.15, -0.1) is 11.3 Å². The largest absolute Gasteiger partial charge is 0.391 e. The summed E-state index contributed by atoms with van der Waals surface area (Å²) in [5.41, 5.74) is 11.1. The van der Waals surface area contributed by atoms with Crippen molar-refractivity contribution in [1.82, 2.24) is 50.2 Å². The van der Waals surface area contributed by atoms with Crippen molar-refractivity contribution in [2.24, 2.45) is 5.41 Å². The maximum absolute atomic E-state index is 14.1. The topological polar surface area (TPSA) is 206 Å². The number of rotatable bonds is 16. The molecule has 0 unspecified atom stereocenters. The molecule has 3 aliphatic rings. The van der Waals surface area contributed by atoms with Gasteiger partial charge in [-0.25, -0.2) is 15.0 Å². The zero-order valence-electron chi connectivity index (χ0n) is 48.2. The second kappa shape index (κ2) is 26.3. The van der Waals surface area contributed by atoms with E-state index in [4.69, 9.17) is 9.97 Å². The van der Waals surface area contributed by atoms with Crippen LogP contribution in [0.1, 0.15) is 96.0 Å². The number of benzene rings is 4. The molecule has 0 bridgehead atoms. The summed E-state index contributed by atoms with van der Waals surface area (Å²) >= 11 is 1.57. The Morgan fingerprint density at radius 3 is 2.26 bits per heavy atom. The first-order chi connectivity index (χ1) is 40.6. The lowest BCUT2D eigenvalue weighted by Crippen LogP contribution is -2.57. The number of aliphatic hydroxyl groups excluding tert-OH is 1. The second-order valence-electron chi connectivity index (χ2n) is 22.8. The number of anilines is 1. The third-order valence-electron chi connectivity index (χ3n) is 15.7. The Morgan fingerprint density at radius 1 is 0.833 bits per heavy atom. The van der Waals surface area contributed by atoms with Crippen molar-refractivity contribution in [1.29, 1.82) is 0 Å². The van der Waals surface area contributed by atoms with Gasteiger partial charge in [0.15, 0.2) is 5.82 Å². The molecule has 2 fully saturated rings. The molecule has 3 aliphatic heterocycles. The standard InChI is InChI=1S/C66H71N11O6S/c1-43-59(84-42-70-43)48-25-23-47(24-26-48)38-69-63(81)56-37-52(78)40-77(56)65(83)60(66(2,3)4)72-57(79)13-8-14-58(80)75-34-32-74(33-35-75)30-9-10-44-15-17-45(18-16-44)19-20-46-21-27-49(28-22-46)64(82)76-31-29-53-55(41-76)71-61(73-62(53)67-5)51-36-50-11-6-7-12-54(50)68-39-51/h6-7,11-12,15-28,36,39,42,52,56,60,78H,8,13-14,29-35,37-38,40-41H2,1-5H3,(H,69,81)(H,72,79)(H,67,71,73)/b20-19+/t52-,56+,60-/m1/s1. The fraction of sp³-hybridized carbons (Fsp3) is 0.348. The van der Waals surface area contributed by atoms with Gasteiger partial charge in [0.1, 0.15) is 17.9 Å². The summed E-state index contributed by atoms with van der Waals surface area (Å²) in [5, 5.41) is 20.7. The molecule has 4 N–H and O–H groups in total. The highest BCUT2D eigenvalue weighted by Crippen LogP contribution is 2.31. The van der Waals surface area contributed by atoms with E-state index in [1.54, 1.807) is 17.5 Å². The van der Waals surface area contributed by atoms with Gasteiger partial charge < -0.3 is 35.8 Å². The van der Waals surface area contributed by atoms with Crippen LogP contribution in [0.5, 0.6) is 0 Å². The lowest BCUT2D eigenvalue weighted by atomic mass is 9.85. The molecule has 0 spiro atoms. The van der Waals surface area contributed by atoms with Gasteiger partial charge in [0.25, 0.3) is 5.91 Å². The molecule has 2 saturated heterocycles. The van der Waals surface area contributed by atoms with E-state index < -0.39 is 29.5 Å². The first-order valence-electron chi connectivity index (χ1n) is 28.7. The van der Waals surface area contributed by atoms with Crippen LogP contribution < -0.4 is 16.0 Å². The zero-order valence-corrected chi connectivity index (χ0v) is 49.0. The number of carbonyl (C=O) groups excluding carboxylic acids is 5. The minimum absolute atomic E-state index is 0.0170. The summed E-state index contributed by atoms with van der Waals surface area (Å²) in [6, 6.07) is 31.7. The minimum atomic E-state index is -0.952. The highest BCUT2D eigenvalue weighted by atomic mass is 32.1. The molecule has 5 amide bonds. The van der Waals surface area contributed by atoms with Crippen LogP contribution >= 0.6 is 11.3 Å². The summed E-state index contributed by atoms with van der Waals surface area (Å²) in [5.74, 6) is 6.69. The summed E-state index contributed by atoms with van der Waals surface area (Å²) in [4.78, 5) is 95.1. The number of hydrogen-bond donors (Lipinski definition) is 4. The van der Waals surface area contributed by atoms with Crippen LogP contribution in [0.2, 0.25) is 0 Å². The van der Waals surface area contributed by atoms with Gasteiger partial charge in [0, 0.05) is 106 Å². The van der Waals surface area contributed by atoms with Gasteiger partial charge in [0.2, 0.25) is 23.6 Å². The van der Waals surface area contributed by atoms with Gasteiger partial charge in [-0.05, 0) is 83.8 Å². The van der Waals surface area contributed by atoms with Crippen molar-refractivity contribution in [3.05, 3.63) is 160 Å². The van der Waals surface area contributed by atoms with E-state index in [2.05, 4.69) is 42.7 Å². The molecule has 7 aromatic rings. The number of pyridine rings is 1. The number of likely N-dealkylation sites (tertiary alicyclic amines) is 1. The highest BCUT2D eigenvalue weighted by molar-refractivity contribution is 7.13. The van der Waals surface area contributed by atoms with Crippen LogP contribution in [-0.4, -0.2) is 145 Å². The number of amides is 5. The van der Waals surface area contributed by atoms with Gasteiger partial charge in [-0.2, -0.15) is 0 Å². The minimum Gasteiger partial charge on any atom is -0.391 e. The van der Waals surface area contributed by atoms with Crippen molar-refractivity contribution in [3.8, 4) is 33.7 Å². The normalized spacial score (nSPS) is 16.7. The van der Waals surface area contributed by atoms with Crippen LogP contribution in [0.3, 0.4) is 0 Å². The first kappa shape index (κ1) is 58.6. The van der Waals surface area contributed by atoms with E-state index in [1.165, 1.54) is 4.90 Å². The molecule has 18 heteroatoms. The van der Waals surface area contributed by atoms with E-state index in [0.29, 0.717) is 70.0 Å². The molecule has 3 aromatic heterocycles. The number of para-hydroxylation sites is 1. The fourth-order valence-corrected chi connectivity index (χ4v) is 11.7. The number of aromatic nitrogens is 4. The van der Waals surface area contributed by atoms with Crippen LogP contribution in [0, 0.1) is 24.2 Å². The van der Waals surface area contributed by atoms with Crippen molar-refractivity contribution < 1.29 is 29.1 Å². The fourth-order valence-electron chi connectivity index (χ4n) is 10.9. The van der Waals surface area contributed by atoms with Crippen molar-refractivity contribution in [2.45, 2.75) is 91.1 Å². The van der Waals surface area contributed by atoms with Gasteiger partial charge in [-0.3, -0.25) is 33.9 Å². The molecule has 3 atom stereocenters. The predicted molar refractivity (Wildman–Crippen MR) is 328 cm³/mol. The molecule has 10 rings (SSSR count). The summed E-state index contributed by atoms with van der Waals surface area (Å²) in [6.45, 7) is 11.8. The summed E-state index contributed by atoms with van der Waals surface area (Å²) in [6.07, 6.45) is 6.30. The average Bonchev–Trinajstić information content (AvgIpc) is 3.70. The third-order valence-corrected chi connectivity index (χ3v) is 16.7. The molecular weight excluding hydrogens is 1070 g/mol. The number of aryl methyl sites for hydroxylation is 1. The Morgan fingerprint density at radius 2 is 1.56 bits per heavy atom. The maximum Gasteiger partial charge on any atom is 0.254 e. The number of nitrogens with zero attached hydrogens (tertiary/aromatic N) is 8. The summed E-state index contributed by atoms with van der Waals surface area (Å²) < 4.78 is 0. The Labute approximate surface area is 494 Å². The zero-order chi connectivity index (χ0) is 58.9. The third kappa shape index (κ3) is 14.2. The van der Waals surface area contributed by atoms with Crippen molar-refractivity contribution in [2.75, 3.05) is 58.2 Å². The van der Waals surface area contributed by atoms with Crippen LogP contribution in [0.4, 0.5) is 5.82 Å². The smallest absolute Gasteiger partial charge is 0.254 e. The van der Waals surface area contributed by atoms with Crippen LogP contribution in [0.25, 0.3) is 44.9 Å². The molecule has 432 valence electrons. The Balaban J connectivity index is 0.632. The SMILES string of the molecule is CNc1nc(-c2cnc3ccccc3c2)nc2c1CCN(C(=O)c1ccc(/C=C/c3ccc(C#CCN4CCN(C(=O)CCCC(=O)N[C@H](C(=O)N5C[C@H](O)C[C@H]5C(=O)NCc5ccc(-c6scnc6C)cc5)C(C)(C)C)CC4)cc3)cc1)C2. The molecule has 0 saturated carbocycles. The quantitative estimate of drug-likeness (QED) is 0.0537. The maximum atomic E-state index is 14.1. The van der Waals surface area contributed by atoms with Gasteiger partial charge in [0.05, 0.1) is 46.5 Å². The first-order valence-corrected chi connectivity index (χ1v) is 29.6. The van der Waals surface area contributed by atoms with Gasteiger partial charge in [-0.1, -0.05) is 111 Å². The van der Waals surface area contributed by atoms with Crippen molar-refractivity contribution in [3.63, 3.8) is 0 Å². The van der Waals surface area contributed by atoms with E-state index in [9.17, 15) is 29.1 Å². The Kier molecular flexibility index (Phi) is 18.3. The highest BCUT2D eigenvalue weighted by Gasteiger charge is 2.44.